The molecular formula is C17H17F2N5OS2. The van der Waals surface area contributed by atoms with E-state index in [9.17, 15) is 13.9 Å². The van der Waals surface area contributed by atoms with Gasteiger partial charge in [0.25, 0.3) is 0 Å². The summed E-state index contributed by atoms with van der Waals surface area (Å²) >= 11 is 2.46. The van der Waals surface area contributed by atoms with E-state index in [1.165, 1.54) is 35.2 Å². The molecule has 3 aromatic rings. The number of nitrogens with two attached hydrogens (primary N) is 1. The highest BCUT2D eigenvalue weighted by molar-refractivity contribution is 7.98. The minimum Gasteiger partial charge on any atom is -0.391 e. The van der Waals surface area contributed by atoms with Gasteiger partial charge >= 0.3 is 0 Å². The van der Waals surface area contributed by atoms with Gasteiger partial charge in [-0.15, -0.1) is 0 Å². The zero-order chi connectivity index (χ0) is 19.0. The van der Waals surface area contributed by atoms with E-state index in [1.54, 1.807) is 0 Å². The molecule has 10 heteroatoms. The van der Waals surface area contributed by atoms with Crippen LogP contribution >= 0.6 is 23.1 Å². The Labute approximate surface area is 162 Å². The molecule has 4 N–H and O–H groups in total. The summed E-state index contributed by atoms with van der Waals surface area (Å²) in [7, 11) is 0. The summed E-state index contributed by atoms with van der Waals surface area (Å²) in [5.74, 6) is -1.01. The van der Waals surface area contributed by atoms with Crippen molar-refractivity contribution in [3.8, 4) is 0 Å². The third-order valence-corrected chi connectivity index (χ3v) is 6.22. The third-order valence-electron chi connectivity index (χ3n) is 4.44. The highest BCUT2D eigenvalue weighted by Crippen LogP contribution is 2.33. The molecule has 0 spiro atoms. The molecule has 142 valence electrons. The molecule has 0 saturated heterocycles. The summed E-state index contributed by atoms with van der Waals surface area (Å²) in [5.41, 5.74) is 6.50. The van der Waals surface area contributed by atoms with Crippen molar-refractivity contribution in [2.24, 2.45) is 0 Å². The maximum atomic E-state index is 13.9. The number of hydrogen-bond donors (Lipinski definition) is 3. The molecule has 1 fully saturated rings. The van der Waals surface area contributed by atoms with Crippen molar-refractivity contribution in [3.05, 3.63) is 35.4 Å². The van der Waals surface area contributed by atoms with Gasteiger partial charge in [0.05, 0.1) is 12.1 Å². The van der Waals surface area contributed by atoms with E-state index in [0.29, 0.717) is 26.5 Å². The van der Waals surface area contributed by atoms with E-state index in [2.05, 4.69) is 20.3 Å². The van der Waals surface area contributed by atoms with Gasteiger partial charge in [0, 0.05) is 11.3 Å². The minimum atomic E-state index is -0.880. The standard InChI is InChI=1S/C17H17F2N5OS2/c18-9-4-1-3-8(12(9)19)7-26-17-23-14(21-10-5-2-6-11(10)25)13-15(24-17)22-16(20)27-13/h1,3-4,10-11,25H,2,5-7H2,(H3,20,21,22,23,24)/t10-,11-/m1/s1. The average molecular weight is 409 g/mol. The molecule has 27 heavy (non-hydrogen) atoms. The predicted octanol–water partition coefficient (Wildman–Crippen LogP) is 3.56. The molecule has 0 unspecified atom stereocenters. The van der Waals surface area contributed by atoms with Gasteiger partial charge in [-0.25, -0.2) is 23.7 Å². The van der Waals surface area contributed by atoms with Crippen molar-refractivity contribution in [1.29, 1.82) is 0 Å². The van der Waals surface area contributed by atoms with Crippen LogP contribution in [0.4, 0.5) is 19.7 Å². The fourth-order valence-electron chi connectivity index (χ4n) is 3.07. The Hall–Kier alpha value is -2.04. The lowest BCUT2D eigenvalue weighted by atomic mass is 10.2. The molecule has 1 aromatic carbocycles. The summed E-state index contributed by atoms with van der Waals surface area (Å²) < 4.78 is 27.9. The lowest BCUT2D eigenvalue weighted by Crippen LogP contribution is -2.28. The first kappa shape index (κ1) is 18.3. The Morgan fingerprint density at radius 1 is 1.26 bits per heavy atom. The van der Waals surface area contributed by atoms with Crippen molar-refractivity contribution in [2.45, 2.75) is 42.3 Å². The fraction of sp³-hybridized carbons (Fsp3) is 0.353. The van der Waals surface area contributed by atoms with Gasteiger partial charge in [0.15, 0.2) is 33.4 Å². The van der Waals surface area contributed by atoms with Crippen LogP contribution in [0.1, 0.15) is 24.8 Å². The van der Waals surface area contributed by atoms with Gasteiger partial charge in [-0.3, -0.25) is 0 Å². The highest BCUT2D eigenvalue weighted by Gasteiger charge is 2.26. The number of thiazole rings is 1. The number of halogens is 2. The van der Waals surface area contributed by atoms with Crippen LogP contribution in [0.25, 0.3) is 10.3 Å². The smallest absolute Gasteiger partial charge is 0.191 e. The van der Waals surface area contributed by atoms with Crippen molar-refractivity contribution in [2.75, 3.05) is 11.1 Å². The number of benzene rings is 1. The first-order valence-corrected chi connectivity index (χ1v) is 10.3. The Kier molecular flexibility index (Phi) is 5.11. The normalized spacial score (nSPS) is 19.7. The number of aliphatic hydroxyl groups excluding tert-OH is 1. The van der Waals surface area contributed by atoms with E-state index in [4.69, 9.17) is 5.73 Å². The zero-order valence-corrected chi connectivity index (χ0v) is 15.8. The lowest BCUT2D eigenvalue weighted by molar-refractivity contribution is 0.171. The number of nitrogens with one attached hydrogen (secondary N) is 1. The summed E-state index contributed by atoms with van der Waals surface area (Å²) in [6.07, 6.45) is 2.10. The van der Waals surface area contributed by atoms with E-state index >= 15 is 0 Å². The monoisotopic (exact) mass is 409 g/mol. The topological polar surface area (TPSA) is 97.0 Å². The fourth-order valence-corrected chi connectivity index (χ4v) is 4.61. The zero-order valence-electron chi connectivity index (χ0n) is 14.2. The molecule has 2 atom stereocenters. The van der Waals surface area contributed by atoms with Gasteiger partial charge in [-0.05, 0) is 25.3 Å². The summed E-state index contributed by atoms with van der Waals surface area (Å²) in [6, 6.07) is 3.98. The summed E-state index contributed by atoms with van der Waals surface area (Å²) in [5, 5.41) is 14.1. The number of rotatable bonds is 5. The molecule has 2 aromatic heterocycles. The van der Waals surface area contributed by atoms with Crippen LogP contribution in [-0.2, 0) is 5.75 Å². The second-order valence-electron chi connectivity index (χ2n) is 6.31. The number of aromatic nitrogens is 3. The van der Waals surface area contributed by atoms with Crippen LogP contribution in [0.3, 0.4) is 0 Å². The number of thioether (sulfide) groups is 1. The van der Waals surface area contributed by atoms with Gasteiger partial charge in [-0.2, -0.15) is 0 Å². The van der Waals surface area contributed by atoms with Crippen LogP contribution in [0.5, 0.6) is 0 Å². The quantitative estimate of drug-likeness (QED) is 0.438. The highest BCUT2D eigenvalue weighted by atomic mass is 32.2. The molecule has 1 aliphatic rings. The Bertz CT molecular complexity index is 983. The summed E-state index contributed by atoms with van der Waals surface area (Å²) in [6.45, 7) is 0. The summed E-state index contributed by atoms with van der Waals surface area (Å²) in [4.78, 5) is 13.1. The number of fused-ring (bicyclic) bond motifs is 1. The Morgan fingerprint density at radius 2 is 2.11 bits per heavy atom. The molecule has 2 heterocycles. The predicted molar refractivity (Wildman–Crippen MR) is 103 cm³/mol. The second-order valence-corrected chi connectivity index (χ2v) is 8.28. The van der Waals surface area contributed by atoms with Gasteiger partial charge < -0.3 is 16.2 Å². The molecule has 0 aliphatic heterocycles. The van der Waals surface area contributed by atoms with E-state index < -0.39 is 17.7 Å². The maximum absolute atomic E-state index is 13.9. The van der Waals surface area contributed by atoms with Crippen LogP contribution in [-0.4, -0.2) is 32.2 Å². The lowest BCUT2D eigenvalue weighted by Gasteiger charge is -2.17. The second kappa shape index (κ2) is 7.53. The van der Waals surface area contributed by atoms with Crippen molar-refractivity contribution >= 4 is 44.4 Å². The van der Waals surface area contributed by atoms with Crippen molar-refractivity contribution in [3.63, 3.8) is 0 Å². The maximum Gasteiger partial charge on any atom is 0.191 e. The van der Waals surface area contributed by atoms with Crippen LogP contribution in [0.15, 0.2) is 23.4 Å². The molecule has 4 rings (SSSR count). The Morgan fingerprint density at radius 3 is 2.89 bits per heavy atom. The van der Waals surface area contributed by atoms with E-state index in [0.717, 1.165) is 25.3 Å². The third kappa shape index (κ3) is 3.83. The molecule has 6 nitrogen and oxygen atoms in total. The van der Waals surface area contributed by atoms with Crippen LogP contribution in [0, 0.1) is 11.6 Å². The largest absolute Gasteiger partial charge is 0.391 e. The number of anilines is 2. The van der Waals surface area contributed by atoms with Crippen LogP contribution in [0.2, 0.25) is 0 Å². The molecule has 1 aliphatic carbocycles. The molecule has 1 saturated carbocycles. The number of hydrogen-bond acceptors (Lipinski definition) is 8. The van der Waals surface area contributed by atoms with Gasteiger partial charge in [-0.1, -0.05) is 35.2 Å². The van der Waals surface area contributed by atoms with Crippen molar-refractivity contribution in [1.82, 2.24) is 15.0 Å². The average Bonchev–Trinajstić information content (AvgIpc) is 3.21. The van der Waals surface area contributed by atoms with E-state index in [1.807, 2.05) is 0 Å². The van der Waals surface area contributed by atoms with E-state index in [-0.39, 0.29) is 17.4 Å². The Balaban J connectivity index is 1.61. The number of nitrogens with zero attached hydrogens (tertiary/aromatic N) is 3. The first-order chi connectivity index (χ1) is 13.0. The van der Waals surface area contributed by atoms with Gasteiger partial charge in [0.2, 0.25) is 0 Å². The minimum absolute atomic E-state index is 0.0926. The molecular weight excluding hydrogens is 392 g/mol. The number of aliphatic hydroxyl groups is 1. The van der Waals surface area contributed by atoms with Crippen molar-refractivity contribution < 1.29 is 13.9 Å². The van der Waals surface area contributed by atoms with Crippen LogP contribution < -0.4 is 11.1 Å². The number of nitrogen functional groups attached to an aromatic ring is 1. The first-order valence-electron chi connectivity index (χ1n) is 8.45. The molecule has 0 radical (unpaired) electrons. The molecule has 0 amide bonds. The molecule has 0 bridgehead atoms. The SMILES string of the molecule is Nc1nc2nc(SCc3cccc(F)c3F)nc(N[C@@H]3CCC[C@H]3O)c2s1. The van der Waals surface area contributed by atoms with Gasteiger partial charge in [0.1, 0.15) is 4.70 Å².